The normalized spacial score (nSPS) is 30.2. The number of rotatable bonds is 1. The van der Waals surface area contributed by atoms with Gasteiger partial charge in [-0.05, 0) is 32.4 Å². The van der Waals surface area contributed by atoms with Crippen molar-refractivity contribution in [1.29, 1.82) is 0 Å². The van der Waals surface area contributed by atoms with Gasteiger partial charge in [-0.1, -0.05) is 13.8 Å². The first-order valence-electron chi connectivity index (χ1n) is 4.62. The largest absolute Gasteiger partial charge is 0.306 e. The summed E-state index contributed by atoms with van der Waals surface area (Å²) in [4.78, 5) is 13.6. The average molecular weight is 169 g/mol. The van der Waals surface area contributed by atoms with Gasteiger partial charge in [-0.2, -0.15) is 0 Å². The number of carbonyl (C=O) groups excluding carboxylic acids is 1. The number of likely N-dealkylation sites (tertiary alicyclic amines) is 1. The van der Waals surface area contributed by atoms with Crippen molar-refractivity contribution in [2.75, 3.05) is 20.1 Å². The molecule has 0 amide bonds. The summed E-state index contributed by atoms with van der Waals surface area (Å²) in [5.41, 5.74) is 0.166. The van der Waals surface area contributed by atoms with Crippen LogP contribution in [0.1, 0.15) is 27.2 Å². The number of piperidine rings is 1. The molecule has 1 unspecified atom stereocenters. The first-order chi connectivity index (χ1) is 5.43. The summed E-state index contributed by atoms with van der Waals surface area (Å²) in [6.07, 6.45) is 1.03. The Morgan fingerprint density at radius 1 is 1.50 bits per heavy atom. The van der Waals surface area contributed by atoms with Crippen molar-refractivity contribution in [3.8, 4) is 0 Å². The zero-order chi connectivity index (χ0) is 9.35. The van der Waals surface area contributed by atoms with Gasteiger partial charge in [0.1, 0.15) is 5.78 Å². The van der Waals surface area contributed by atoms with Crippen LogP contribution >= 0.6 is 0 Å². The molecular weight excluding hydrogens is 150 g/mol. The highest BCUT2D eigenvalue weighted by atomic mass is 16.1. The Morgan fingerprint density at radius 2 is 2.08 bits per heavy atom. The quantitative estimate of drug-likeness (QED) is 0.593. The maximum atomic E-state index is 11.3. The third kappa shape index (κ3) is 1.86. The summed E-state index contributed by atoms with van der Waals surface area (Å²) >= 11 is 0. The fraction of sp³-hybridized carbons (Fsp3) is 0.900. The molecule has 1 fully saturated rings. The first-order valence-corrected chi connectivity index (χ1v) is 4.62. The molecule has 0 aliphatic carbocycles. The Hall–Kier alpha value is -0.370. The van der Waals surface area contributed by atoms with E-state index in [2.05, 4.69) is 25.8 Å². The Kier molecular flexibility index (Phi) is 2.57. The van der Waals surface area contributed by atoms with Gasteiger partial charge in [0, 0.05) is 12.5 Å². The Balaban J connectivity index is 2.70. The van der Waals surface area contributed by atoms with E-state index in [9.17, 15) is 4.79 Å². The minimum absolute atomic E-state index is 0.166. The highest BCUT2D eigenvalue weighted by molar-refractivity contribution is 5.79. The summed E-state index contributed by atoms with van der Waals surface area (Å²) in [6, 6.07) is 0. The van der Waals surface area contributed by atoms with Gasteiger partial charge in [-0.25, -0.2) is 0 Å². The monoisotopic (exact) mass is 169 g/mol. The van der Waals surface area contributed by atoms with Crippen LogP contribution in [0.5, 0.6) is 0 Å². The predicted octanol–water partition coefficient (Wildman–Crippen LogP) is 1.55. The lowest BCUT2D eigenvalue weighted by atomic mass is 9.72. The summed E-state index contributed by atoms with van der Waals surface area (Å²) in [5, 5.41) is 0. The molecular formula is C10H19NO. The number of carbonyl (C=O) groups is 1. The third-order valence-electron chi connectivity index (χ3n) is 2.91. The average Bonchev–Trinajstić information content (AvgIpc) is 1.82. The van der Waals surface area contributed by atoms with Gasteiger partial charge in [0.2, 0.25) is 0 Å². The van der Waals surface area contributed by atoms with Gasteiger partial charge >= 0.3 is 0 Å². The van der Waals surface area contributed by atoms with E-state index in [1.54, 1.807) is 6.92 Å². The van der Waals surface area contributed by atoms with Gasteiger partial charge < -0.3 is 4.90 Å². The lowest BCUT2D eigenvalue weighted by Crippen LogP contribution is -2.46. The van der Waals surface area contributed by atoms with Crippen molar-refractivity contribution in [2.24, 2.45) is 11.3 Å². The molecule has 0 N–H and O–H groups in total. The van der Waals surface area contributed by atoms with Crippen LogP contribution in [0.15, 0.2) is 0 Å². The summed E-state index contributed by atoms with van der Waals surface area (Å²) in [5.74, 6) is 0.627. The van der Waals surface area contributed by atoms with Crippen molar-refractivity contribution in [2.45, 2.75) is 27.2 Å². The molecule has 0 aromatic carbocycles. The minimum Gasteiger partial charge on any atom is -0.306 e. The van der Waals surface area contributed by atoms with E-state index in [1.807, 2.05) is 0 Å². The highest BCUT2D eigenvalue weighted by Crippen LogP contribution is 2.34. The molecule has 2 nitrogen and oxygen atoms in total. The molecule has 0 bridgehead atoms. The van der Waals surface area contributed by atoms with Crippen molar-refractivity contribution < 1.29 is 4.79 Å². The molecule has 0 spiro atoms. The van der Waals surface area contributed by atoms with Crippen molar-refractivity contribution in [3.63, 3.8) is 0 Å². The van der Waals surface area contributed by atoms with E-state index >= 15 is 0 Å². The molecule has 1 saturated heterocycles. The van der Waals surface area contributed by atoms with Crippen LogP contribution in [0.25, 0.3) is 0 Å². The summed E-state index contributed by atoms with van der Waals surface area (Å²) in [6.45, 7) is 8.20. The van der Waals surface area contributed by atoms with E-state index in [0.717, 1.165) is 19.5 Å². The summed E-state index contributed by atoms with van der Waals surface area (Å²) < 4.78 is 0. The fourth-order valence-corrected chi connectivity index (χ4v) is 2.38. The Bertz CT molecular complexity index is 186. The van der Waals surface area contributed by atoms with E-state index in [0.29, 0.717) is 5.78 Å². The zero-order valence-electron chi connectivity index (χ0n) is 8.55. The molecule has 1 heterocycles. The van der Waals surface area contributed by atoms with Crippen molar-refractivity contribution >= 4 is 5.78 Å². The molecule has 0 aromatic rings. The van der Waals surface area contributed by atoms with Crippen LogP contribution in [-0.4, -0.2) is 30.8 Å². The van der Waals surface area contributed by atoms with Gasteiger partial charge in [0.15, 0.2) is 0 Å². The number of hydrogen-bond donors (Lipinski definition) is 0. The molecule has 2 heteroatoms. The Labute approximate surface area is 74.9 Å². The second-order valence-corrected chi connectivity index (χ2v) is 4.68. The molecule has 12 heavy (non-hydrogen) atoms. The van der Waals surface area contributed by atoms with Crippen LogP contribution in [-0.2, 0) is 4.79 Å². The predicted molar refractivity (Wildman–Crippen MR) is 50.1 cm³/mol. The molecule has 0 aromatic heterocycles. The van der Waals surface area contributed by atoms with Gasteiger partial charge in [0.05, 0.1) is 0 Å². The van der Waals surface area contributed by atoms with E-state index in [4.69, 9.17) is 0 Å². The molecule has 70 valence electrons. The maximum Gasteiger partial charge on any atom is 0.133 e. The van der Waals surface area contributed by atoms with E-state index in [1.165, 1.54) is 0 Å². The smallest absolute Gasteiger partial charge is 0.133 e. The molecule has 1 rings (SSSR count). The second-order valence-electron chi connectivity index (χ2n) is 4.68. The third-order valence-corrected chi connectivity index (χ3v) is 2.91. The van der Waals surface area contributed by atoms with Crippen molar-refractivity contribution in [3.05, 3.63) is 0 Å². The van der Waals surface area contributed by atoms with Crippen LogP contribution in [0.3, 0.4) is 0 Å². The molecule has 1 aliphatic rings. The topological polar surface area (TPSA) is 20.3 Å². The zero-order valence-corrected chi connectivity index (χ0v) is 8.55. The Morgan fingerprint density at radius 3 is 2.50 bits per heavy atom. The fourth-order valence-electron chi connectivity index (χ4n) is 2.38. The maximum absolute atomic E-state index is 11.3. The molecule has 1 aliphatic heterocycles. The van der Waals surface area contributed by atoms with Crippen LogP contribution in [0, 0.1) is 11.3 Å². The van der Waals surface area contributed by atoms with Gasteiger partial charge in [-0.3, -0.25) is 4.79 Å². The van der Waals surface area contributed by atoms with Crippen molar-refractivity contribution in [1.82, 2.24) is 4.90 Å². The molecule has 0 saturated carbocycles. The number of hydrogen-bond acceptors (Lipinski definition) is 2. The standard InChI is InChI=1S/C10H19NO/c1-8(12)9-5-6-11(4)7-10(9,2)3/h9H,5-7H2,1-4H3. The highest BCUT2D eigenvalue weighted by Gasteiger charge is 2.36. The lowest BCUT2D eigenvalue weighted by Gasteiger charge is -2.41. The second kappa shape index (κ2) is 3.17. The van der Waals surface area contributed by atoms with Crippen LogP contribution < -0.4 is 0 Å². The lowest BCUT2D eigenvalue weighted by molar-refractivity contribution is -0.126. The van der Waals surface area contributed by atoms with E-state index < -0.39 is 0 Å². The molecule has 1 atom stereocenters. The SMILES string of the molecule is CC(=O)C1CCN(C)CC1(C)C. The van der Waals surface area contributed by atoms with Gasteiger partial charge in [-0.15, -0.1) is 0 Å². The molecule has 0 radical (unpaired) electrons. The summed E-state index contributed by atoms with van der Waals surface area (Å²) in [7, 11) is 2.12. The number of nitrogens with zero attached hydrogens (tertiary/aromatic N) is 1. The number of ketones is 1. The van der Waals surface area contributed by atoms with Gasteiger partial charge in [0.25, 0.3) is 0 Å². The first kappa shape index (κ1) is 9.72. The van der Waals surface area contributed by atoms with Crippen LogP contribution in [0.2, 0.25) is 0 Å². The number of Topliss-reactive ketones (excluding diaryl/α,β-unsaturated/α-hetero) is 1. The van der Waals surface area contributed by atoms with E-state index in [-0.39, 0.29) is 11.3 Å². The van der Waals surface area contributed by atoms with Crippen LogP contribution in [0.4, 0.5) is 0 Å². The minimum atomic E-state index is 0.166.